The van der Waals surface area contributed by atoms with Crippen LogP contribution < -0.4 is 5.90 Å². The molecule has 0 aliphatic rings. The largest absolute Gasteiger partial charge is 0.304 e. The fraction of sp³-hybridized carbons (Fsp3) is 0.455. The zero-order valence-corrected chi connectivity index (χ0v) is 8.89. The molecule has 4 heteroatoms. The Bertz CT molecular complexity index is 334. The van der Waals surface area contributed by atoms with E-state index in [9.17, 15) is 8.78 Å². The van der Waals surface area contributed by atoms with Gasteiger partial charge in [-0.1, -0.05) is 12.1 Å². The number of hydrogen-bond donors (Lipinski definition) is 1. The summed E-state index contributed by atoms with van der Waals surface area (Å²) in [6, 6.07) is 4.48. The van der Waals surface area contributed by atoms with Gasteiger partial charge in [-0.2, -0.15) is 0 Å². The average Bonchev–Trinajstić information content (AvgIpc) is 2.12. The van der Waals surface area contributed by atoms with Gasteiger partial charge in [0.25, 0.3) is 0 Å². The van der Waals surface area contributed by atoms with Crippen LogP contribution in [0.1, 0.15) is 25.0 Å². The minimum Gasteiger partial charge on any atom is -0.304 e. The summed E-state index contributed by atoms with van der Waals surface area (Å²) < 4.78 is 27.2. The molecule has 1 rings (SSSR count). The van der Waals surface area contributed by atoms with Crippen molar-refractivity contribution in [2.24, 2.45) is 5.90 Å². The number of benzene rings is 1. The first kappa shape index (κ1) is 12.1. The van der Waals surface area contributed by atoms with Gasteiger partial charge in [-0.25, -0.2) is 14.7 Å². The summed E-state index contributed by atoms with van der Waals surface area (Å²) in [6.07, 6.45) is 0.400. The monoisotopic (exact) mass is 215 g/mol. The lowest BCUT2D eigenvalue weighted by atomic mass is 9.92. The number of halogens is 2. The van der Waals surface area contributed by atoms with Gasteiger partial charge in [0.1, 0.15) is 11.5 Å². The highest BCUT2D eigenvalue weighted by atomic mass is 19.1. The Morgan fingerprint density at radius 3 is 2.60 bits per heavy atom. The predicted octanol–water partition coefficient (Wildman–Crippen LogP) is 2.46. The Kier molecular flexibility index (Phi) is 3.77. The van der Waals surface area contributed by atoms with Gasteiger partial charge in [-0.15, -0.1) is 0 Å². The third-order valence-corrected chi connectivity index (χ3v) is 2.18. The molecule has 2 nitrogen and oxygen atoms in total. The topological polar surface area (TPSA) is 35.2 Å². The molecule has 0 atom stereocenters. The van der Waals surface area contributed by atoms with Crippen LogP contribution in [-0.4, -0.2) is 6.61 Å². The Morgan fingerprint density at radius 1 is 1.40 bits per heavy atom. The molecule has 2 N–H and O–H groups in total. The van der Waals surface area contributed by atoms with Crippen LogP contribution in [0.3, 0.4) is 0 Å². The van der Waals surface area contributed by atoms with Gasteiger partial charge >= 0.3 is 0 Å². The molecule has 0 aliphatic heterocycles. The fourth-order valence-electron chi connectivity index (χ4n) is 1.61. The number of alkyl halides is 1. The maximum atomic E-state index is 13.8. The number of nitrogens with two attached hydrogens (primary N) is 1. The number of rotatable bonds is 4. The van der Waals surface area contributed by atoms with Crippen molar-refractivity contribution in [1.29, 1.82) is 0 Å². The molecule has 0 unspecified atom stereocenters. The molecule has 15 heavy (non-hydrogen) atoms. The highest BCUT2D eigenvalue weighted by molar-refractivity contribution is 5.33. The van der Waals surface area contributed by atoms with Crippen LogP contribution in [0.25, 0.3) is 0 Å². The highest BCUT2D eigenvalue weighted by Crippen LogP contribution is 2.30. The van der Waals surface area contributed by atoms with Gasteiger partial charge in [0.15, 0.2) is 0 Å². The molecule has 0 amide bonds. The van der Waals surface area contributed by atoms with Crippen molar-refractivity contribution < 1.29 is 13.6 Å². The van der Waals surface area contributed by atoms with Crippen LogP contribution in [0.5, 0.6) is 0 Å². The fourth-order valence-corrected chi connectivity index (χ4v) is 1.61. The van der Waals surface area contributed by atoms with Crippen LogP contribution >= 0.6 is 0 Å². The van der Waals surface area contributed by atoms with E-state index < -0.39 is 11.5 Å². The van der Waals surface area contributed by atoms with Crippen LogP contribution in [0, 0.1) is 5.82 Å². The van der Waals surface area contributed by atoms with Gasteiger partial charge in [0.2, 0.25) is 0 Å². The van der Waals surface area contributed by atoms with E-state index in [1.807, 2.05) is 0 Å². The minimum atomic E-state index is -1.70. The maximum absolute atomic E-state index is 13.8. The lowest BCUT2D eigenvalue weighted by Gasteiger charge is -2.19. The molecular formula is C11H15F2NO. The Morgan fingerprint density at radius 2 is 2.07 bits per heavy atom. The molecule has 0 fully saturated rings. The van der Waals surface area contributed by atoms with Crippen LogP contribution in [0.4, 0.5) is 8.78 Å². The maximum Gasteiger partial charge on any atom is 0.133 e. The van der Waals surface area contributed by atoms with Crippen molar-refractivity contribution in [3.05, 3.63) is 35.1 Å². The molecule has 0 radical (unpaired) electrons. The van der Waals surface area contributed by atoms with E-state index in [0.717, 1.165) is 0 Å². The van der Waals surface area contributed by atoms with Crippen molar-refractivity contribution in [2.75, 3.05) is 6.61 Å². The summed E-state index contributed by atoms with van der Waals surface area (Å²) in [5.41, 5.74) is -1.02. The van der Waals surface area contributed by atoms with E-state index in [2.05, 4.69) is 4.84 Å². The van der Waals surface area contributed by atoms with Crippen LogP contribution in [0.15, 0.2) is 18.2 Å². The second-order valence-electron chi connectivity index (χ2n) is 3.87. The van der Waals surface area contributed by atoms with Gasteiger partial charge in [-0.05, 0) is 31.9 Å². The van der Waals surface area contributed by atoms with Gasteiger partial charge < -0.3 is 4.84 Å². The Hall–Kier alpha value is -1.00. The van der Waals surface area contributed by atoms with E-state index in [0.29, 0.717) is 12.0 Å². The molecule has 84 valence electrons. The highest BCUT2D eigenvalue weighted by Gasteiger charge is 2.25. The summed E-state index contributed by atoms with van der Waals surface area (Å²) in [6.45, 7) is 2.91. The molecule has 0 bridgehead atoms. The summed E-state index contributed by atoms with van der Waals surface area (Å²) in [4.78, 5) is 4.41. The lowest BCUT2D eigenvalue weighted by molar-refractivity contribution is 0.139. The molecule has 0 saturated heterocycles. The van der Waals surface area contributed by atoms with Gasteiger partial charge in [-0.3, -0.25) is 0 Å². The summed E-state index contributed by atoms with van der Waals surface area (Å²) in [7, 11) is 0. The van der Waals surface area contributed by atoms with Gasteiger partial charge in [0.05, 0.1) is 6.61 Å². The third-order valence-electron chi connectivity index (χ3n) is 2.18. The second-order valence-corrected chi connectivity index (χ2v) is 3.87. The first-order valence-electron chi connectivity index (χ1n) is 4.75. The van der Waals surface area contributed by atoms with E-state index in [-0.39, 0.29) is 12.2 Å². The molecule has 0 aliphatic carbocycles. The summed E-state index contributed by atoms with van der Waals surface area (Å²) in [5, 5.41) is 0. The Labute approximate surface area is 88.0 Å². The molecule has 0 spiro atoms. The van der Waals surface area contributed by atoms with Crippen molar-refractivity contribution in [3.63, 3.8) is 0 Å². The first-order valence-corrected chi connectivity index (χ1v) is 4.75. The van der Waals surface area contributed by atoms with Crippen molar-refractivity contribution >= 4 is 0 Å². The van der Waals surface area contributed by atoms with E-state index in [1.165, 1.54) is 19.9 Å². The van der Waals surface area contributed by atoms with E-state index in [1.54, 1.807) is 12.1 Å². The zero-order chi connectivity index (χ0) is 11.5. The molecule has 0 aromatic heterocycles. The predicted molar refractivity (Wildman–Crippen MR) is 54.4 cm³/mol. The number of hydrogen-bond acceptors (Lipinski definition) is 2. The van der Waals surface area contributed by atoms with Crippen molar-refractivity contribution in [2.45, 2.75) is 25.9 Å². The molecule has 0 saturated carbocycles. The molecular weight excluding hydrogens is 200 g/mol. The van der Waals surface area contributed by atoms with Crippen molar-refractivity contribution in [1.82, 2.24) is 0 Å². The first-order chi connectivity index (χ1) is 6.96. The van der Waals surface area contributed by atoms with Gasteiger partial charge in [0, 0.05) is 5.56 Å². The van der Waals surface area contributed by atoms with Crippen LogP contribution in [0.2, 0.25) is 0 Å². The smallest absolute Gasteiger partial charge is 0.133 e. The molecule has 1 aromatic carbocycles. The molecule has 1 aromatic rings. The quantitative estimate of drug-likeness (QED) is 0.783. The van der Waals surface area contributed by atoms with Crippen LogP contribution in [-0.2, 0) is 16.9 Å². The third kappa shape index (κ3) is 2.97. The molecule has 0 heterocycles. The lowest BCUT2D eigenvalue weighted by Crippen LogP contribution is -2.16. The van der Waals surface area contributed by atoms with E-state index in [4.69, 9.17) is 5.90 Å². The SMILES string of the molecule is CC(C)(F)c1c(F)cccc1CCON. The summed E-state index contributed by atoms with van der Waals surface area (Å²) >= 11 is 0. The van der Waals surface area contributed by atoms with Crippen molar-refractivity contribution in [3.8, 4) is 0 Å². The zero-order valence-electron chi connectivity index (χ0n) is 8.89. The average molecular weight is 215 g/mol. The normalized spacial score (nSPS) is 11.8. The Balaban J connectivity index is 3.09. The summed E-state index contributed by atoms with van der Waals surface area (Å²) in [5.74, 6) is 4.36. The minimum absolute atomic E-state index is 0.0852. The standard InChI is InChI=1S/C11H15F2NO/c1-11(2,13)10-8(6-7-15-14)4-3-5-9(10)12/h3-5H,6-7,14H2,1-2H3. The second kappa shape index (κ2) is 4.68. The van der Waals surface area contributed by atoms with E-state index >= 15 is 0 Å².